The zero-order valence-corrected chi connectivity index (χ0v) is 18.7. The predicted molar refractivity (Wildman–Crippen MR) is 123 cm³/mol. The highest BCUT2D eigenvalue weighted by Gasteiger charge is 2.28. The summed E-state index contributed by atoms with van der Waals surface area (Å²) < 4.78 is 5.98. The van der Waals surface area contributed by atoms with Crippen molar-refractivity contribution in [3.63, 3.8) is 0 Å². The zero-order valence-electron chi connectivity index (χ0n) is 17.2. The number of halogens is 2. The molecule has 2 N–H and O–H groups in total. The number of ketones is 1. The van der Waals surface area contributed by atoms with Gasteiger partial charge in [-0.2, -0.15) is 0 Å². The highest BCUT2D eigenvalue weighted by molar-refractivity contribution is 6.42. The van der Waals surface area contributed by atoms with E-state index in [1.54, 1.807) is 0 Å². The molecule has 2 aromatic carbocycles. The summed E-state index contributed by atoms with van der Waals surface area (Å²) in [6, 6.07) is 12.2. The molecule has 0 heterocycles. The number of nitrogens with two attached hydrogens (primary N) is 1. The standard InChI is InChI=1S/C25H29Cl2NO2/c26-23-9-5-17(14-24(23)27)13-22-21-15-20(8-6-18(21)7-10-25(22)28)30-11-1-2-19(29)12-16-3-4-16/h5-6,8-9,14-16,22,25H,1-4,7,10-13,28H2. The van der Waals surface area contributed by atoms with Gasteiger partial charge in [0.05, 0.1) is 16.7 Å². The maximum atomic E-state index is 11.9. The summed E-state index contributed by atoms with van der Waals surface area (Å²) in [7, 11) is 0. The lowest BCUT2D eigenvalue weighted by Gasteiger charge is -2.32. The van der Waals surface area contributed by atoms with Crippen LogP contribution in [0.1, 0.15) is 61.1 Å². The lowest BCUT2D eigenvalue weighted by atomic mass is 9.76. The van der Waals surface area contributed by atoms with E-state index < -0.39 is 0 Å². The van der Waals surface area contributed by atoms with Crippen LogP contribution in [0.15, 0.2) is 36.4 Å². The molecule has 1 saturated carbocycles. The number of Topliss-reactive ketones (excluding diaryl/α,β-unsaturated/α-hetero) is 1. The fourth-order valence-electron chi connectivity index (χ4n) is 4.38. The van der Waals surface area contributed by atoms with Gasteiger partial charge >= 0.3 is 0 Å². The van der Waals surface area contributed by atoms with Crippen LogP contribution in [0.25, 0.3) is 0 Å². The quantitative estimate of drug-likeness (QED) is 0.472. The average Bonchev–Trinajstić information content (AvgIpc) is 3.54. The second kappa shape index (κ2) is 9.72. The number of carbonyl (C=O) groups is 1. The van der Waals surface area contributed by atoms with Gasteiger partial charge in [0, 0.05) is 24.8 Å². The predicted octanol–water partition coefficient (Wildman–Crippen LogP) is 6.12. The molecule has 2 aliphatic rings. The third-order valence-electron chi connectivity index (χ3n) is 6.30. The number of aryl methyl sites for hydroxylation is 1. The van der Waals surface area contributed by atoms with Crippen LogP contribution in [0, 0.1) is 5.92 Å². The number of hydrogen-bond donors (Lipinski definition) is 1. The van der Waals surface area contributed by atoms with Gasteiger partial charge < -0.3 is 10.5 Å². The van der Waals surface area contributed by atoms with Crippen LogP contribution in [0.2, 0.25) is 10.0 Å². The SMILES string of the molecule is NC1CCc2ccc(OCCCC(=O)CC3CC3)cc2C1Cc1ccc(Cl)c(Cl)c1. The van der Waals surface area contributed by atoms with Crippen molar-refractivity contribution in [2.75, 3.05) is 6.61 Å². The number of benzene rings is 2. The Morgan fingerprint density at radius 1 is 1.07 bits per heavy atom. The van der Waals surface area contributed by atoms with E-state index in [2.05, 4.69) is 12.1 Å². The molecule has 2 aromatic rings. The second-order valence-corrected chi connectivity index (χ2v) is 9.57. The number of fused-ring (bicyclic) bond motifs is 1. The van der Waals surface area contributed by atoms with Crippen molar-refractivity contribution in [2.45, 2.75) is 63.3 Å². The van der Waals surface area contributed by atoms with Crippen LogP contribution in [-0.2, 0) is 17.6 Å². The molecule has 160 valence electrons. The average molecular weight is 446 g/mol. The molecule has 2 aliphatic carbocycles. The van der Waals surface area contributed by atoms with E-state index in [0.717, 1.165) is 43.4 Å². The van der Waals surface area contributed by atoms with E-state index in [4.69, 9.17) is 33.7 Å². The van der Waals surface area contributed by atoms with Crippen LogP contribution < -0.4 is 10.5 Å². The molecule has 0 bridgehead atoms. The number of rotatable bonds is 9. The van der Waals surface area contributed by atoms with Gasteiger partial charge in [0.1, 0.15) is 11.5 Å². The molecular formula is C25H29Cl2NO2. The first-order valence-electron chi connectivity index (χ1n) is 11.0. The molecule has 0 saturated heterocycles. The van der Waals surface area contributed by atoms with Gasteiger partial charge in [-0.25, -0.2) is 0 Å². The van der Waals surface area contributed by atoms with Crippen molar-refractivity contribution in [3.8, 4) is 5.75 Å². The molecule has 0 aromatic heterocycles. The van der Waals surface area contributed by atoms with E-state index >= 15 is 0 Å². The number of hydrogen-bond acceptors (Lipinski definition) is 3. The Labute approximate surface area is 188 Å². The third-order valence-corrected chi connectivity index (χ3v) is 7.04. The molecule has 0 spiro atoms. The van der Waals surface area contributed by atoms with Crippen LogP contribution >= 0.6 is 23.2 Å². The van der Waals surface area contributed by atoms with Crippen molar-refractivity contribution < 1.29 is 9.53 Å². The summed E-state index contributed by atoms with van der Waals surface area (Å²) in [5.74, 6) is 2.11. The van der Waals surface area contributed by atoms with Gasteiger partial charge in [-0.15, -0.1) is 0 Å². The summed E-state index contributed by atoms with van der Waals surface area (Å²) in [6.07, 6.45) is 7.39. The lowest BCUT2D eigenvalue weighted by Crippen LogP contribution is -2.34. The molecular weight excluding hydrogens is 417 g/mol. The minimum atomic E-state index is 0.0993. The van der Waals surface area contributed by atoms with E-state index in [0.29, 0.717) is 34.8 Å². The normalized spacial score (nSPS) is 20.6. The maximum absolute atomic E-state index is 11.9. The Bertz CT molecular complexity index is 910. The second-order valence-electron chi connectivity index (χ2n) is 8.76. The molecule has 2 unspecified atom stereocenters. The minimum absolute atomic E-state index is 0.0993. The van der Waals surface area contributed by atoms with Gasteiger partial charge in [-0.1, -0.05) is 35.3 Å². The zero-order chi connectivity index (χ0) is 21.1. The van der Waals surface area contributed by atoms with Gasteiger partial charge in [0.25, 0.3) is 0 Å². The number of ether oxygens (including phenoxy) is 1. The summed E-state index contributed by atoms with van der Waals surface area (Å²) in [6.45, 7) is 0.568. The largest absolute Gasteiger partial charge is 0.494 e. The molecule has 30 heavy (non-hydrogen) atoms. The highest BCUT2D eigenvalue weighted by Crippen LogP contribution is 2.37. The van der Waals surface area contributed by atoms with Gasteiger partial charge in [-0.3, -0.25) is 4.79 Å². The Morgan fingerprint density at radius 3 is 2.67 bits per heavy atom. The van der Waals surface area contributed by atoms with Crippen LogP contribution in [0.5, 0.6) is 5.75 Å². The molecule has 0 amide bonds. The van der Waals surface area contributed by atoms with Gasteiger partial charge in [0.2, 0.25) is 0 Å². The number of carbonyl (C=O) groups excluding carboxylic acids is 1. The van der Waals surface area contributed by atoms with Crippen LogP contribution in [0.4, 0.5) is 0 Å². The Hall–Kier alpha value is -1.55. The Balaban J connectivity index is 1.39. The van der Waals surface area contributed by atoms with E-state index in [-0.39, 0.29) is 12.0 Å². The topological polar surface area (TPSA) is 52.3 Å². The minimum Gasteiger partial charge on any atom is -0.494 e. The van der Waals surface area contributed by atoms with Crippen molar-refractivity contribution >= 4 is 29.0 Å². The smallest absolute Gasteiger partial charge is 0.133 e. The summed E-state index contributed by atoms with van der Waals surface area (Å²) in [5, 5.41) is 1.15. The molecule has 3 nitrogen and oxygen atoms in total. The summed E-state index contributed by atoms with van der Waals surface area (Å²) >= 11 is 12.3. The van der Waals surface area contributed by atoms with Gasteiger partial charge in [0.15, 0.2) is 0 Å². The monoisotopic (exact) mass is 445 g/mol. The van der Waals surface area contributed by atoms with Crippen molar-refractivity contribution in [1.29, 1.82) is 0 Å². The Morgan fingerprint density at radius 2 is 1.90 bits per heavy atom. The van der Waals surface area contributed by atoms with Crippen LogP contribution in [0.3, 0.4) is 0 Å². The van der Waals surface area contributed by atoms with E-state index in [1.165, 1.54) is 24.0 Å². The van der Waals surface area contributed by atoms with Gasteiger partial charge in [-0.05, 0) is 85.4 Å². The van der Waals surface area contributed by atoms with Crippen molar-refractivity contribution in [2.24, 2.45) is 11.7 Å². The third kappa shape index (κ3) is 5.57. The molecule has 0 aliphatic heterocycles. The molecule has 0 radical (unpaired) electrons. The fourth-order valence-corrected chi connectivity index (χ4v) is 4.70. The fraction of sp³-hybridized carbons (Fsp3) is 0.480. The Kier molecular flexibility index (Phi) is 7.02. The maximum Gasteiger partial charge on any atom is 0.133 e. The van der Waals surface area contributed by atoms with E-state index in [9.17, 15) is 4.79 Å². The molecule has 1 fully saturated rings. The lowest BCUT2D eigenvalue weighted by molar-refractivity contribution is -0.119. The van der Waals surface area contributed by atoms with Crippen LogP contribution in [-0.4, -0.2) is 18.4 Å². The summed E-state index contributed by atoms with van der Waals surface area (Å²) in [5.41, 5.74) is 10.3. The van der Waals surface area contributed by atoms with Crippen molar-refractivity contribution in [1.82, 2.24) is 0 Å². The van der Waals surface area contributed by atoms with E-state index in [1.807, 2.05) is 24.3 Å². The first kappa shape index (κ1) is 21.7. The first-order chi connectivity index (χ1) is 14.5. The van der Waals surface area contributed by atoms with Crippen molar-refractivity contribution in [3.05, 3.63) is 63.1 Å². The molecule has 5 heteroatoms. The summed E-state index contributed by atoms with van der Waals surface area (Å²) in [4.78, 5) is 11.9. The molecule has 4 rings (SSSR count). The first-order valence-corrected chi connectivity index (χ1v) is 11.7. The highest BCUT2D eigenvalue weighted by atomic mass is 35.5. The molecule has 2 atom stereocenters.